The minimum Gasteiger partial charge on any atom is -0.478 e. The number of benzene rings is 1. The van der Waals surface area contributed by atoms with Gasteiger partial charge in [-0.05, 0) is 30.7 Å². The lowest BCUT2D eigenvalue weighted by Gasteiger charge is -2.06. The first kappa shape index (κ1) is 16.4. The van der Waals surface area contributed by atoms with Gasteiger partial charge in [0, 0.05) is 18.2 Å². The molecule has 6 heteroatoms. The Hall–Kier alpha value is -2.63. The van der Waals surface area contributed by atoms with Crippen molar-refractivity contribution in [3.8, 4) is 0 Å². The number of anilines is 1. The Morgan fingerprint density at radius 3 is 2.71 bits per heavy atom. The molecule has 1 amide bonds. The Morgan fingerprint density at radius 2 is 2.05 bits per heavy atom. The highest BCUT2D eigenvalue weighted by Gasteiger charge is 2.07. The summed E-state index contributed by atoms with van der Waals surface area (Å²) in [7, 11) is 0. The van der Waals surface area contributed by atoms with E-state index in [1.54, 1.807) is 31.2 Å². The van der Waals surface area contributed by atoms with Gasteiger partial charge < -0.3 is 15.2 Å². The molecule has 1 aromatic rings. The highest BCUT2D eigenvalue weighted by molar-refractivity contribution is 5.93. The number of esters is 1. The van der Waals surface area contributed by atoms with Crippen LogP contribution in [0.4, 0.5) is 5.69 Å². The number of carboxylic acid groups (broad SMARTS) is 1. The first-order valence-corrected chi connectivity index (χ1v) is 6.48. The number of hydrogen-bond donors (Lipinski definition) is 2. The molecule has 0 spiro atoms. The molecule has 0 radical (unpaired) electrons. The molecule has 1 aromatic carbocycles. The highest BCUT2D eigenvalue weighted by Crippen LogP contribution is 2.12. The minimum atomic E-state index is -1.04. The van der Waals surface area contributed by atoms with E-state index >= 15 is 0 Å². The van der Waals surface area contributed by atoms with E-state index in [9.17, 15) is 14.4 Å². The van der Waals surface area contributed by atoms with Crippen molar-refractivity contribution in [2.45, 2.75) is 19.8 Å². The Kier molecular flexibility index (Phi) is 6.67. The van der Waals surface area contributed by atoms with Gasteiger partial charge in [0.2, 0.25) is 5.91 Å². The lowest BCUT2D eigenvalue weighted by Crippen LogP contribution is -2.14. The van der Waals surface area contributed by atoms with Crippen LogP contribution >= 0.6 is 0 Å². The van der Waals surface area contributed by atoms with Gasteiger partial charge >= 0.3 is 11.9 Å². The van der Waals surface area contributed by atoms with E-state index in [4.69, 9.17) is 9.84 Å². The molecule has 0 aliphatic rings. The van der Waals surface area contributed by atoms with Gasteiger partial charge in [0.15, 0.2) is 0 Å². The van der Waals surface area contributed by atoms with Crippen LogP contribution in [0, 0.1) is 0 Å². The van der Waals surface area contributed by atoms with Crippen LogP contribution in [0.15, 0.2) is 30.3 Å². The molecule has 0 atom stereocenters. The van der Waals surface area contributed by atoms with Crippen LogP contribution in [0.3, 0.4) is 0 Å². The van der Waals surface area contributed by atoms with E-state index in [0.29, 0.717) is 17.9 Å². The second kappa shape index (κ2) is 8.52. The number of amides is 1. The molecule has 21 heavy (non-hydrogen) atoms. The average molecular weight is 291 g/mol. The van der Waals surface area contributed by atoms with Gasteiger partial charge in [-0.3, -0.25) is 9.59 Å². The average Bonchev–Trinajstić information content (AvgIpc) is 2.44. The zero-order valence-electron chi connectivity index (χ0n) is 11.7. The van der Waals surface area contributed by atoms with E-state index in [1.165, 1.54) is 6.08 Å². The van der Waals surface area contributed by atoms with Gasteiger partial charge in [0.25, 0.3) is 0 Å². The van der Waals surface area contributed by atoms with E-state index in [0.717, 1.165) is 6.08 Å². The molecule has 112 valence electrons. The first-order chi connectivity index (χ1) is 10.0. The Balaban J connectivity index is 2.54. The van der Waals surface area contributed by atoms with E-state index in [2.05, 4.69) is 5.32 Å². The number of hydrogen-bond acceptors (Lipinski definition) is 4. The fourth-order valence-electron chi connectivity index (χ4n) is 1.56. The molecule has 0 saturated heterocycles. The van der Waals surface area contributed by atoms with Crippen molar-refractivity contribution in [1.29, 1.82) is 0 Å². The van der Waals surface area contributed by atoms with Gasteiger partial charge in [0.1, 0.15) is 0 Å². The Morgan fingerprint density at radius 1 is 1.29 bits per heavy atom. The summed E-state index contributed by atoms with van der Waals surface area (Å²) in [4.78, 5) is 33.2. The van der Waals surface area contributed by atoms with Crippen LogP contribution in [-0.2, 0) is 19.1 Å². The molecule has 1 rings (SSSR count). The number of carboxylic acids is 1. The number of rotatable bonds is 7. The number of ether oxygens (including phenoxy) is 1. The molecule has 0 bridgehead atoms. The lowest BCUT2D eigenvalue weighted by molar-refractivity contribution is -0.144. The molecule has 0 aliphatic heterocycles. The van der Waals surface area contributed by atoms with E-state index in [1.807, 2.05) is 0 Å². The van der Waals surface area contributed by atoms with Crippen LogP contribution < -0.4 is 5.32 Å². The zero-order chi connectivity index (χ0) is 15.7. The third kappa shape index (κ3) is 6.91. The Bertz CT molecular complexity index is 551. The molecule has 0 aliphatic carbocycles. The first-order valence-electron chi connectivity index (χ1n) is 6.48. The topological polar surface area (TPSA) is 92.7 Å². The third-order valence-corrected chi connectivity index (χ3v) is 2.45. The summed E-state index contributed by atoms with van der Waals surface area (Å²) in [5.74, 6) is -1.76. The predicted octanol–water partition coefficient (Wildman–Crippen LogP) is 2.07. The lowest BCUT2D eigenvalue weighted by atomic mass is 10.2. The zero-order valence-corrected chi connectivity index (χ0v) is 11.7. The molecule has 0 heterocycles. The summed E-state index contributed by atoms with van der Waals surface area (Å²) >= 11 is 0. The Labute approximate surface area is 122 Å². The maximum Gasteiger partial charge on any atom is 0.328 e. The summed E-state index contributed by atoms with van der Waals surface area (Å²) in [6.45, 7) is 1.99. The van der Waals surface area contributed by atoms with Crippen molar-refractivity contribution >= 4 is 29.6 Å². The number of carbonyl (C=O) groups excluding carboxylic acids is 2. The van der Waals surface area contributed by atoms with Gasteiger partial charge in [-0.1, -0.05) is 12.1 Å². The van der Waals surface area contributed by atoms with Gasteiger partial charge in [-0.25, -0.2) is 4.79 Å². The van der Waals surface area contributed by atoms with Crippen molar-refractivity contribution in [1.82, 2.24) is 0 Å². The summed E-state index contributed by atoms with van der Waals surface area (Å²) in [6.07, 6.45) is 2.50. The second-order valence-electron chi connectivity index (χ2n) is 4.15. The third-order valence-electron chi connectivity index (χ3n) is 2.45. The molecule has 0 fully saturated rings. The fraction of sp³-hybridized carbons (Fsp3) is 0.267. The standard InChI is InChI=1S/C15H17NO5/c1-2-21-15(20)9-7-13(17)16-12-5-3-4-11(10-12)6-8-14(18)19/h3-6,8,10H,2,7,9H2,1H3,(H,16,17)(H,18,19)/b8-6+. The highest BCUT2D eigenvalue weighted by atomic mass is 16.5. The molecule has 6 nitrogen and oxygen atoms in total. The van der Waals surface area contributed by atoms with Crippen molar-refractivity contribution in [2.24, 2.45) is 0 Å². The van der Waals surface area contributed by atoms with Gasteiger partial charge in [0.05, 0.1) is 13.0 Å². The van der Waals surface area contributed by atoms with E-state index < -0.39 is 11.9 Å². The summed E-state index contributed by atoms with van der Waals surface area (Å²) in [5, 5.41) is 11.2. The van der Waals surface area contributed by atoms with Crippen molar-refractivity contribution in [2.75, 3.05) is 11.9 Å². The van der Waals surface area contributed by atoms with Crippen molar-refractivity contribution < 1.29 is 24.2 Å². The summed E-state index contributed by atoms with van der Waals surface area (Å²) in [6, 6.07) is 6.73. The molecule has 2 N–H and O–H groups in total. The summed E-state index contributed by atoms with van der Waals surface area (Å²) < 4.78 is 4.73. The van der Waals surface area contributed by atoms with Crippen LogP contribution in [0.2, 0.25) is 0 Å². The second-order valence-corrected chi connectivity index (χ2v) is 4.15. The molecule has 0 aromatic heterocycles. The largest absolute Gasteiger partial charge is 0.478 e. The fourth-order valence-corrected chi connectivity index (χ4v) is 1.56. The maximum atomic E-state index is 11.7. The SMILES string of the molecule is CCOC(=O)CCC(=O)Nc1cccc(/C=C/C(=O)O)c1. The monoisotopic (exact) mass is 291 g/mol. The smallest absolute Gasteiger partial charge is 0.328 e. The molecule has 0 saturated carbocycles. The normalized spacial score (nSPS) is 10.3. The van der Waals surface area contributed by atoms with Crippen LogP contribution in [0.5, 0.6) is 0 Å². The maximum absolute atomic E-state index is 11.7. The molecular formula is C15H17NO5. The summed E-state index contributed by atoms with van der Waals surface area (Å²) in [5.41, 5.74) is 1.19. The predicted molar refractivity (Wildman–Crippen MR) is 77.6 cm³/mol. The molecular weight excluding hydrogens is 274 g/mol. The van der Waals surface area contributed by atoms with E-state index in [-0.39, 0.29) is 18.7 Å². The quantitative estimate of drug-likeness (QED) is 0.592. The van der Waals surface area contributed by atoms with Gasteiger partial charge in [-0.15, -0.1) is 0 Å². The number of carbonyl (C=O) groups is 3. The van der Waals surface area contributed by atoms with Crippen molar-refractivity contribution in [3.05, 3.63) is 35.9 Å². The van der Waals surface area contributed by atoms with Gasteiger partial charge in [-0.2, -0.15) is 0 Å². The van der Waals surface area contributed by atoms with Crippen LogP contribution in [0.25, 0.3) is 6.08 Å². The van der Waals surface area contributed by atoms with Crippen LogP contribution in [-0.4, -0.2) is 29.6 Å². The van der Waals surface area contributed by atoms with Crippen LogP contribution in [0.1, 0.15) is 25.3 Å². The minimum absolute atomic E-state index is 0.0261. The number of aliphatic carboxylic acids is 1. The number of nitrogens with one attached hydrogen (secondary N) is 1. The molecule has 0 unspecified atom stereocenters. The van der Waals surface area contributed by atoms with Crippen molar-refractivity contribution in [3.63, 3.8) is 0 Å².